The van der Waals surface area contributed by atoms with Crippen LogP contribution in [0.1, 0.15) is 31.2 Å². The van der Waals surface area contributed by atoms with E-state index in [2.05, 4.69) is 0 Å². The number of benzene rings is 1. The van der Waals surface area contributed by atoms with E-state index < -0.39 is 5.60 Å². The van der Waals surface area contributed by atoms with E-state index in [0.29, 0.717) is 13.2 Å². The Kier molecular flexibility index (Phi) is 5.15. The van der Waals surface area contributed by atoms with Crippen LogP contribution in [0.2, 0.25) is 0 Å². The van der Waals surface area contributed by atoms with Crippen molar-refractivity contribution in [3.05, 3.63) is 35.9 Å². The SMILES string of the molecule is CN(CC1(O)CCCC1)C(=O)COCc1ccccc1. The van der Waals surface area contributed by atoms with Crippen molar-refractivity contribution in [2.24, 2.45) is 0 Å². The Morgan fingerprint density at radius 2 is 1.95 bits per heavy atom. The third kappa shape index (κ3) is 4.32. The molecule has 0 aromatic heterocycles. The van der Waals surface area contributed by atoms with Gasteiger partial charge in [0.05, 0.1) is 12.2 Å². The predicted octanol–water partition coefficient (Wildman–Crippen LogP) is 1.97. The average Bonchev–Trinajstić information content (AvgIpc) is 2.86. The molecule has 2 rings (SSSR count). The number of nitrogens with zero attached hydrogens (tertiary/aromatic N) is 1. The van der Waals surface area contributed by atoms with E-state index >= 15 is 0 Å². The molecule has 110 valence electrons. The second-order valence-corrected chi connectivity index (χ2v) is 5.66. The monoisotopic (exact) mass is 277 g/mol. The van der Waals surface area contributed by atoms with Crippen LogP contribution in [0.25, 0.3) is 0 Å². The highest BCUT2D eigenvalue weighted by Crippen LogP contribution is 2.29. The summed E-state index contributed by atoms with van der Waals surface area (Å²) in [4.78, 5) is 13.5. The third-order valence-corrected chi connectivity index (χ3v) is 3.83. The molecule has 1 aromatic rings. The van der Waals surface area contributed by atoms with Crippen LogP contribution in [-0.4, -0.2) is 41.7 Å². The summed E-state index contributed by atoms with van der Waals surface area (Å²) in [6.07, 6.45) is 3.66. The zero-order valence-electron chi connectivity index (χ0n) is 12.0. The second-order valence-electron chi connectivity index (χ2n) is 5.66. The number of ether oxygens (including phenoxy) is 1. The van der Waals surface area contributed by atoms with Crippen molar-refractivity contribution in [1.29, 1.82) is 0 Å². The van der Waals surface area contributed by atoms with Crippen LogP contribution >= 0.6 is 0 Å². The Bertz CT molecular complexity index is 427. The molecule has 0 spiro atoms. The van der Waals surface area contributed by atoms with Gasteiger partial charge in [-0.05, 0) is 18.4 Å². The maximum atomic E-state index is 12.0. The van der Waals surface area contributed by atoms with Crippen molar-refractivity contribution in [2.75, 3.05) is 20.2 Å². The summed E-state index contributed by atoms with van der Waals surface area (Å²) >= 11 is 0. The van der Waals surface area contributed by atoms with Gasteiger partial charge >= 0.3 is 0 Å². The highest BCUT2D eigenvalue weighted by atomic mass is 16.5. The van der Waals surface area contributed by atoms with Gasteiger partial charge in [-0.2, -0.15) is 0 Å². The maximum Gasteiger partial charge on any atom is 0.248 e. The van der Waals surface area contributed by atoms with Crippen molar-refractivity contribution in [3.63, 3.8) is 0 Å². The van der Waals surface area contributed by atoms with Crippen LogP contribution < -0.4 is 0 Å². The first-order chi connectivity index (χ1) is 9.59. The minimum Gasteiger partial charge on any atom is -0.388 e. The fraction of sp³-hybridized carbons (Fsp3) is 0.562. The molecule has 20 heavy (non-hydrogen) atoms. The molecule has 1 amide bonds. The van der Waals surface area contributed by atoms with Gasteiger partial charge in [0.1, 0.15) is 6.61 Å². The number of amides is 1. The fourth-order valence-corrected chi connectivity index (χ4v) is 2.66. The third-order valence-electron chi connectivity index (χ3n) is 3.83. The fourth-order valence-electron chi connectivity index (χ4n) is 2.66. The minimum atomic E-state index is -0.691. The van der Waals surface area contributed by atoms with Crippen LogP contribution in [0.15, 0.2) is 30.3 Å². The van der Waals surface area contributed by atoms with E-state index in [1.165, 1.54) is 0 Å². The zero-order chi connectivity index (χ0) is 14.4. The van der Waals surface area contributed by atoms with Gasteiger partial charge in [-0.25, -0.2) is 0 Å². The molecule has 0 atom stereocenters. The second kappa shape index (κ2) is 6.86. The van der Waals surface area contributed by atoms with E-state index in [0.717, 1.165) is 31.2 Å². The van der Waals surface area contributed by atoms with Gasteiger partial charge in [0.25, 0.3) is 0 Å². The highest BCUT2D eigenvalue weighted by molar-refractivity contribution is 5.77. The molecule has 0 unspecified atom stereocenters. The van der Waals surface area contributed by atoms with Gasteiger partial charge in [0.15, 0.2) is 0 Å². The summed E-state index contributed by atoms with van der Waals surface area (Å²) < 4.78 is 5.43. The van der Waals surface area contributed by atoms with E-state index in [1.54, 1.807) is 11.9 Å². The standard InChI is InChI=1S/C16H23NO3/c1-17(13-16(19)9-5-6-10-16)15(18)12-20-11-14-7-3-2-4-8-14/h2-4,7-8,19H,5-6,9-13H2,1H3. The lowest BCUT2D eigenvalue weighted by Gasteiger charge is -2.28. The zero-order valence-corrected chi connectivity index (χ0v) is 12.0. The Balaban J connectivity index is 1.71. The number of carbonyl (C=O) groups excluding carboxylic acids is 1. The molecule has 0 radical (unpaired) electrons. The summed E-state index contributed by atoms with van der Waals surface area (Å²) in [5, 5.41) is 10.3. The van der Waals surface area contributed by atoms with Gasteiger partial charge in [0, 0.05) is 13.6 Å². The normalized spacial score (nSPS) is 17.1. The van der Waals surface area contributed by atoms with Crippen molar-refractivity contribution >= 4 is 5.91 Å². The predicted molar refractivity (Wildman–Crippen MR) is 77.2 cm³/mol. The summed E-state index contributed by atoms with van der Waals surface area (Å²) in [6, 6.07) is 9.78. The van der Waals surface area contributed by atoms with E-state index in [1.807, 2.05) is 30.3 Å². The topological polar surface area (TPSA) is 49.8 Å². The smallest absolute Gasteiger partial charge is 0.248 e. The molecule has 0 heterocycles. The van der Waals surface area contributed by atoms with Crippen LogP contribution in [0, 0.1) is 0 Å². The Morgan fingerprint density at radius 1 is 1.30 bits per heavy atom. The van der Waals surface area contributed by atoms with E-state index in [9.17, 15) is 9.90 Å². The first kappa shape index (κ1) is 15.0. The van der Waals surface area contributed by atoms with E-state index in [-0.39, 0.29) is 12.5 Å². The van der Waals surface area contributed by atoms with Gasteiger partial charge in [-0.15, -0.1) is 0 Å². The molecule has 0 aliphatic heterocycles. The van der Waals surface area contributed by atoms with Crippen molar-refractivity contribution in [3.8, 4) is 0 Å². The molecular formula is C16H23NO3. The molecule has 4 heteroatoms. The molecule has 1 aromatic carbocycles. The van der Waals surface area contributed by atoms with Crippen LogP contribution in [-0.2, 0) is 16.1 Å². The van der Waals surface area contributed by atoms with Crippen LogP contribution in [0.4, 0.5) is 0 Å². The molecular weight excluding hydrogens is 254 g/mol. The molecule has 1 aliphatic rings. The van der Waals surface area contributed by atoms with Crippen molar-refractivity contribution in [1.82, 2.24) is 4.90 Å². The van der Waals surface area contributed by atoms with Crippen LogP contribution in [0.5, 0.6) is 0 Å². The van der Waals surface area contributed by atoms with Gasteiger partial charge in [0.2, 0.25) is 5.91 Å². The summed E-state index contributed by atoms with van der Waals surface area (Å²) in [5.74, 6) is -0.0822. The molecule has 1 fully saturated rings. The quantitative estimate of drug-likeness (QED) is 0.865. The molecule has 0 saturated heterocycles. The number of hydrogen-bond acceptors (Lipinski definition) is 3. The summed E-state index contributed by atoms with van der Waals surface area (Å²) in [7, 11) is 1.73. The average molecular weight is 277 g/mol. The van der Waals surface area contributed by atoms with Crippen LogP contribution in [0.3, 0.4) is 0 Å². The molecule has 4 nitrogen and oxygen atoms in total. The number of rotatable bonds is 6. The van der Waals surface area contributed by atoms with Crippen molar-refractivity contribution < 1.29 is 14.6 Å². The van der Waals surface area contributed by atoms with Gasteiger partial charge < -0.3 is 14.7 Å². The Morgan fingerprint density at radius 3 is 2.60 bits per heavy atom. The first-order valence-corrected chi connectivity index (χ1v) is 7.17. The summed E-state index contributed by atoms with van der Waals surface area (Å²) in [6.45, 7) is 0.896. The van der Waals surface area contributed by atoms with Crippen molar-refractivity contribution in [2.45, 2.75) is 37.9 Å². The number of aliphatic hydroxyl groups is 1. The van der Waals surface area contributed by atoms with Gasteiger partial charge in [-0.1, -0.05) is 43.2 Å². The largest absolute Gasteiger partial charge is 0.388 e. The van der Waals surface area contributed by atoms with Gasteiger partial charge in [-0.3, -0.25) is 4.79 Å². The molecule has 1 saturated carbocycles. The number of hydrogen-bond donors (Lipinski definition) is 1. The molecule has 1 N–H and O–H groups in total. The van der Waals surface area contributed by atoms with E-state index in [4.69, 9.17) is 4.74 Å². The molecule has 1 aliphatic carbocycles. The Hall–Kier alpha value is -1.39. The molecule has 0 bridgehead atoms. The highest BCUT2D eigenvalue weighted by Gasteiger charge is 2.33. The maximum absolute atomic E-state index is 12.0. The lowest BCUT2D eigenvalue weighted by atomic mass is 10.0. The lowest BCUT2D eigenvalue weighted by Crippen LogP contribution is -2.43. The summed E-state index contributed by atoms with van der Waals surface area (Å²) in [5.41, 5.74) is 0.362. The number of likely N-dealkylation sites (N-methyl/N-ethyl adjacent to an activating group) is 1. The minimum absolute atomic E-state index is 0.0570. The first-order valence-electron chi connectivity index (χ1n) is 7.17. The lowest BCUT2D eigenvalue weighted by molar-refractivity contribution is -0.138. The number of carbonyl (C=O) groups is 1. The Labute approximate surface area is 120 Å².